The molecular formula is C22H22N4O3S. The molecule has 0 radical (unpaired) electrons. The summed E-state index contributed by atoms with van der Waals surface area (Å²) < 4.78 is 27.6. The molecule has 0 saturated heterocycles. The van der Waals surface area contributed by atoms with Crippen LogP contribution in [0.1, 0.15) is 16.7 Å². The predicted molar refractivity (Wildman–Crippen MR) is 118 cm³/mol. The summed E-state index contributed by atoms with van der Waals surface area (Å²) in [5, 5.41) is 10.2. The van der Waals surface area contributed by atoms with Gasteiger partial charge in [-0.1, -0.05) is 48.5 Å². The maximum absolute atomic E-state index is 12.5. The van der Waals surface area contributed by atoms with Crippen molar-refractivity contribution < 1.29 is 13.2 Å². The zero-order chi connectivity index (χ0) is 21.7. The quantitative estimate of drug-likeness (QED) is 0.344. The Balaban J connectivity index is 1.72. The summed E-state index contributed by atoms with van der Waals surface area (Å²) in [7, 11) is -3.72. The van der Waals surface area contributed by atoms with Crippen molar-refractivity contribution in [1.82, 2.24) is 0 Å². The highest BCUT2D eigenvalue weighted by molar-refractivity contribution is 7.92. The normalized spacial score (nSPS) is 11.0. The van der Waals surface area contributed by atoms with E-state index in [9.17, 15) is 13.2 Å². The number of hydrogen-bond acceptors (Lipinski definition) is 4. The van der Waals surface area contributed by atoms with Crippen molar-refractivity contribution in [3.63, 3.8) is 0 Å². The first kappa shape index (κ1) is 21.1. The lowest BCUT2D eigenvalue weighted by molar-refractivity contribution is -0.115. The number of amides is 1. The van der Waals surface area contributed by atoms with Gasteiger partial charge in [-0.05, 0) is 42.3 Å². The lowest BCUT2D eigenvalue weighted by Gasteiger charge is -2.13. The molecule has 5 N–H and O–H groups in total. The Morgan fingerprint density at radius 2 is 1.67 bits per heavy atom. The van der Waals surface area contributed by atoms with Crippen LogP contribution < -0.4 is 15.8 Å². The Labute approximate surface area is 175 Å². The first-order chi connectivity index (χ1) is 14.2. The lowest BCUT2D eigenvalue weighted by atomic mass is 10.1. The number of nitrogens with one attached hydrogen (secondary N) is 3. The van der Waals surface area contributed by atoms with Gasteiger partial charge in [0.1, 0.15) is 5.84 Å². The van der Waals surface area contributed by atoms with E-state index in [-0.39, 0.29) is 23.1 Å². The highest BCUT2D eigenvalue weighted by Crippen LogP contribution is 2.23. The van der Waals surface area contributed by atoms with E-state index in [0.717, 1.165) is 11.1 Å². The maximum Gasteiger partial charge on any atom is 0.261 e. The van der Waals surface area contributed by atoms with Crippen LogP contribution in [-0.2, 0) is 21.2 Å². The zero-order valence-corrected chi connectivity index (χ0v) is 17.2. The van der Waals surface area contributed by atoms with Crippen LogP contribution in [0, 0.1) is 12.3 Å². The third-order valence-corrected chi connectivity index (χ3v) is 5.84. The highest BCUT2D eigenvalue weighted by atomic mass is 32.2. The number of nitrogen functional groups attached to an aromatic ring is 1. The molecule has 30 heavy (non-hydrogen) atoms. The van der Waals surface area contributed by atoms with Crippen molar-refractivity contribution >= 4 is 33.1 Å². The fourth-order valence-electron chi connectivity index (χ4n) is 2.82. The van der Waals surface area contributed by atoms with Crippen molar-refractivity contribution in [2.45, 2.75) is 18.2 Å². The van der Waals surface area contributed by atoms with Crippen LogP contribution in [0.3, 0.4) is 0 Å². The lowest BCUT2D eigenvalue weighted by Crippen LogP contribution is -2.17. The molecular weight excluding hydrogens is 400 g/mol. The third-order valence-electron chi connectivity index (χ3n) is 4.45. The van der Waals surface area contributed by atoms with Crippen molar-refractivity contribution in [2.24, 2.45) is 5.73 Å². The molecule has 0 fully saturated rings. The Morgan fingerprint density at radius 3 is 2.30 bits per heavy atom. The number of aryl methyl sites for hydroxylation is 1. The molecule has 7 nitrogen and oxygen atoms in total. The largest absolute Gasteiger partial charge is 0.384 e. The Kier molecular flexibility index (Phi) is 6.17. The monoisotopic (exact) mass is 422 g/mol. The minimum Gasteiger partial charge on any atom is -0.384 e. The fourth-order valence-corrected chi connectivity index (χ4v) is 3.89. The molecule has 0 atom stereocenters. The van der Waals surface area contributed by atoms with Gasteiger partial charge in [0.05, 0.1) is 17.0 Å². The smallest absolute Gasteiger partial charge is 0.261 e. The first-order valence-corrected chi connectivity index (χ1v) is 10.6. The van der Waals surface area contributed by atoms with Gasteiger partial charge in [0.15, 0.2) is 0 Å². The predicted octanol–water partition coefficient (Wildman–Crippen LogP) is 3.26. The van der Waals surface area contributed by atoms with Crippen LogP contribution in [0.25, 0.3) is 0 Å². The van der Waals surface area contributed by atoms with E-state index in [0.29, 0.717) is 16.9 Å². The molecule has 3 rings (SSSR count). The summed E-state index contributed by atoms with van der Waals surface area (Å²) in [6.07, 6.45) is 0.137. The molecule has 0 saturated carbocycles. The molecule has 154 valence electrons. The van der Waals surface area contributed by atoms with Crippen LogP contribution in [0.2, 0.25) is 0 Å². The summed E-state index contributed by atoms with van der Waals surface area (Å²) in [4.78, 5) is 12.6. The molecule has 0 aliphatic rings. The van der Waals surface area contributed by atoms with Crippen LogP contribution in [0.4, 0.5) is 11.4 Å². The molecule has 3 aromatic carbocycles. The second-order valence-electron chi connectivity index (χ2n) is 6.78. The summed E-state index contributed by atoms with van der Waals surface area (Å²) in [5.41, 5.74) is 8.48. The van der Waals surface area contributed by atoms with Crippen molar-refractivity contribution in [1.29, 1.82) is 5.41 Å². The van der Waals surface area contributed by atoms with Crippen molar-refractivity contribution in [2.75, 3.05) is 10.0 Å². The van der Waals surface area contributed by atoms with Crippen LogP contribution in [0.15, 0.2) is 77.7 Å². The van der Waals surface area contributed by atoms with E-state index >= 15 is 0 Å². The van der Waals surface area contributed by atoms with Gasteiger partial charge in [0, 0.05) is 11.3 Å². The average molecular weight is 423 g/mol. The maximum atomic E-state index is 12.5. The average Bonchev–Trinajstić information content (AvgIpc) is 2.71. The molecule has 0 aliphatic heterocycles. The second-order valence-corrected chi connectivity index (χ2v) is 8.47. The Bertz CT molecular complexity index is 1170. The van der Waals surface area contributed by atoms with Gasteiger partial charge in [-0.3, -0.25) is 14.9 Å². The summed E-state index contributed by atoms with van der Waals surface area (Å²) in [6.45, 7) is 1.83. The SMILES string of the molecule is Cc1ccc(NS(=O)(=O)c2ccccc2)cc1NC(=O)Cc1ccc(C(=N)N)cc1. The van der Waals surface area contributed by atoms with Crippen LogP contribution >= 0.6 is 0 Å². The summed E-state index contributed by atoms with van der Waals surface area (Å²) in [6, 6.07) is 19.9. The van der Waals surface area contributed by atoms with E-state index in [4.69, 9.17) is 11.1 Å². The number of hydrogen-bond donors (Lipinski definition) is 4. The topological polar surface area (TPSA) is 125 Å². The first-order valence-electron chi connectivity index (χ1n) is 9.16. The van der Waals surface area contributed by atoms with E-state index < -0.39 is 10.0 Å². The molecule has 0 unspecified atom stereocenters. The fraction of sp³-hybridized carbons (Fsp3) is 0.0909. The van der Waals surface area contributed by atoms with Crippen molar-refractivity contribution in [3.8, 4) is 0 Å². The second kappa shape index (κ2) is 8.79. The number of sulfonamides is 1. The number of benzene rings is 3. The molecule has 0 bridgehead atoms. The molecule has 0 aliphatic carbocycles. The number of rotatable bonds is 7. The summed E-state index contributed by atoms with van der Waals surface area (Å²) in [5.74, 6) is -0.270. The van der Waals surface area contributed by atoms with E-state index in [1.165, 1.54) is 12.1 Å². The minimum atomic E-state index is -3.72. The molecule has 3 aromatic rings. The number of carbonyl (C=O) groups excluding carboxylic acids is 1. The molecule has 0 heterocycles. The molecule has 0 spiro atoms. The van der Waals surface area contributed by atoms with Gasteiger partial charge < -0.3 is 11.1 Å². The van der Waals surface area contributed by atoms with Gasteiger partial charge in [-0.2, -0.15) is 0 Å². The zero-order valence-electron chi connectivity index (χ0n) is 16.3. The minimum absolute atomic E-state index is 0.0311. The van der Waals surface area contributed by atoms with Gasteiger partial charge in [-0.25, -0.2) is 8.42 Å². The van der Waals surface area contributed by atoms with Crippen molar-refractivity contribution in [3.05, 3.63) is 89.5 Å². The van der Waals surface area contributed by atoms with Crippen LogP contribution in [-0.4, -0.2) is 20.2 Å². The van der Waals surface area contributed by atoms with E-state index in [1.54, 1.807) is 60.7 Å². The third kappa shape index (κ3) is 5.24. The van der Waals surface area contributed by atoms with E-state index in [1.807, 2.05) is 6.92 Å². The van der Waals surface area contributed by atoms with E-state index in [2.05, 4.69) is 10.0 Å². The molecule has 8 heteroatoms. The Hall–Kier alpha value is -3.65. The number of anilines is 2. The van der Waals surface area contributed by atoms with Gasteiger partial charge in [0.2, 0.25) is 5.91 Å². The van der Waals surface area contributed by atoms with Gasteiger partial charge in [-0.15, -0.1) is 0 Å². The van der Waals surface area contributed by atoms with Gasteiger partial charge in [0.25, 0.3) is 10.0 Å². The summed E-state index contributed by atoms with van der Waals surface area (Å²) >= 11 is 0. The Morgan fingerprint density at radius 1 is 1.00 bits per heavy atom. The molecule has 1 amide bonds. The number of nitrogens with two attached hydrogens (primary N) is 1. The van der Waals surface area contributed by atoms with Gasteiger partial charge >= 0.3 is 0 Å². The molecule has 0 aromatic heterocycles. The number of amidine groups is 1. The van der Waals surface area contributed by atoms with Crippen LogP contribution in [0.5, 0.6) is 0 Å². The highest BCUT2D eigenvalue weighted by Gasteiger charge is 2.15. The standard InChI is InChI=1S/C22H22N4O3S/c1-15-7-12-18(26-30(28,29)19-5-3-2-4-6-19)14-20(15)25-21(27)13-16-8-10-17(11-9-16)22(23)24/h2-12,14,26H,13H2,1H3,(H3,23,24)(H,25,27). The number of carbonyl (C=O) groups is 1.